The van der Waals surface area contributed by atoms with Crippen molar-refractivity contribution in [1.29, 1.82) is 0 Å². The van der Waals surface area contributed by atoms with Crippen molar-refractivity contribution in [3.05, 3.63) is 41.6 Å². The highest BCUT2D eigenvalue weighted by Gasteiger charge is 2.16. The van der Waals surface area contributed by atoms with Crippen molar-refractivity contribution in [2.75, 3.05) is 5.01 Å². The molecule has 1 aromatic rings. The number of hydrogen-bond acceptors (Lipinski definition) is 2. The second-order valence-corrected chi connectivity index (χ2v) is 4.30. The Morgan fingerprint density at radius 3 is 2.65 bits per heavy atom. The molecule has 0 amide bonds. The van der Waals surface area contributed by atoms with Crippen molar-refractivity contribution in [2.45, 2.75) is 39.5 Å². The van der Waals surface area contributed by atoms with Gasteiger partial charge in [0.05, 0.1) is 5.69 Å². The summed E-state index contributed by atoms with van der Waals surface area (Å²) in [6, 6.07) is 8.58. The summed E-state index contributed by atoms with van der Waals surface area (Å²) in [5.41, 5.74) is 3.94. The van der Waals surface area contributed by atoms with E-state index in [0.717, 1.165) is 12.8 Å². The molecular weight excluding hydrogens is 208 g/mol. The minimum Gasteiger partial charge on any atom is -0.238 e. The van der Waals surface area contributed by atoms with Crippen LogP contribution in [0.4, 0.5) is 5.69 Å². The van der Waals surface area contributed by atoms with Crippen LogP contribution in [0.25, 0.3) is 0 Å². The van der Waals surface area contributed by atoms with Crippen molar-refractivity contribution in [3.8, 4) is 0 Å². The molecule has 1 heterocycles. The largest absolute Gasteiger partial charge is 0.238 e. The lowest BCUT2D eigenvalue weighted by atomic mass is 10.0. The maximum atomic E-state index is 4.52. The molecule has 0 N–H and O–H groups in total. The molecule has 2 rings (SSSR count). The van der Waals surface area contributed by atoms with E-state index >= 15 is 0 Å². The lowest BCUT2D eigenvalue weighted by molar-refractivity contribution is 0.692. The summed E-state index contributed by atoms with van der Waals surface area (Å²) in [4.78, 5) is 0. The van der Waals surface area contributed by atoms with Gasteiger partial charge in [-0.15, -0.1) is 0 Å². The number of hydrazone groups is 1. The summed E-state index contributed by atoms with van der Waals surface area (Å²) in [7, 11) is 0. The molecule has 0 fully saturated rings. The van der Waals surface area contributed by atoms with E-state index in [1.807, 2.05) is 13.1 Å². The second-order valence-electron chi connectivity index (χ2n) is 4.30. The van der Waals surface area contributed by atoms with E-state index in [2.05, 4.69) is 47.4 Å². The molecule has 90 valence electrons. The molecule has 2 nitrogen and oxygen atoms in total. The third-order valence-electron chi connectivity index (χ3n) is 3.19. The molecule has 0 aliphatic carbocycles. The topological polar surface area (TPSA) is 15.6 Å². The maximum absolute atomic E-state index is 4.52. The Balaban J connectivity index is 2.48. The molecule has 0 spiro atoms. The smallest absolute Gasteiger partial charge is 0.0680 e. The summed E-state index contributed by atoms with van der Waals surface area (Å²) in [5, 5.41) is 6.61. The predicted octanol–water partition coefficient (Wildman–Crippen LogP) is 4.13. The van der Waals surface area contributed by atoms with Crippen LogP contribution >= 0.6 is 0 Å². The summed E-state index contributed by atoms with van der Waals surface area (Å²) in [6.45, 7) is 4.06. The first-order valence-electron chi connectivity index (χ1n) is 6.38. The van der Waals surface area contributed by atoms with Crippen LogP contribution in [0.5, 0.6) is 0 Å². The molecule has 0 saturated heterocycles. The molecule has 0 saturated carbocycles. The normalized spacial score (nSPS) is 19.2. The predicted molar refractivity (Wildman–Crippen MR) is 74.4 cm³/mol. The highest BCUT2D eigenvalue weighted by molar-refractivity contribution is 5.63. The Morgan fingerprint density at radius 1 is 1.12 bits per heavy atom. The standard InChI is InChI=1S/C15H20N2/c1-3-14-11-7-5-9-13-10-6-8-12-15(13)17(14)16-4-2/h3-4,6,8,10,12H,5,7,9,11H2,1-2H3/b14-3-,16-4-. The lowest BCUT2D eigenvalue weighted by Gasteiger charge is -2.27. The van der Waals surface area contributed by atoms with Gasteiger partial charge in [0.25, 0.3) is 0 Å². The monoisotopic (exact) mass is 228 g/mol. The van der Waals surface area contributed by atoms with Crippen LogP contribution in [0.15, 0.2) is 41.1 Å². The molecule has 1 aliphatic rings. The van der Waals surface area contributed by atoms with E-state index < -0.39 is 0 Å². The highest BCUT2D eigenvalue weighted by atomic mass is 15.5. The van der Waals surface area contributed by atoms with Crippen LogP contribution in [0.3, 0.4) is 0 Å². The average Bonchev–Trinajstić information content (AvgIpc) is 2.35. The van der Waals surface area contributed by atoms with Crippen molar-refractivity contribution >= 4 is 11.9 Å². The van der Waals surface area contributed by atoms with Crippen molar-refractivity contribution < 1.29 is 0 Å². The minimum absolute atomic E-state index is 1.11. The van der Waals surface area contributed by atoms with E-state index in [9.17, 15) is 0 Å². The van der Waals surface area contributed by atoms with E-state index in [-0.39, 0.29) is 0 Å². The van der Waals surface area contributed by atoms with Gasteiger partial charge in [-0.2, -0.15) is 5.10 Å². The number of allylic oxidation sites excluding steroid dienone is 2. The maximum Gasteiger partial charge on any atom is 0.0680 e. The molecule has 0 unspecified atom stereocenters. The number of fused-ring (bicyclic) bond motifs is 1. The summed E-state index contributed by atoms with van der Waals surface area (Å²) < 4.78 is 0. The number of rotatable bonds is 1. The fourth-order valence-corrected chi connectivity index (χ4v) is 2.33. The number of benzene rings is 1. The van der Waals surface area contributed by atoms with Crippen molar-refractivity contribution in [3.63, 3.8) is 0 Å². The Morgan fingerprint density at radius 2 is 1.88 bits per heavy atom. The van der Waals surface area contributed by atoms with Gasteiger partial charge >= 0.3 is 0 Å². The SMILES string of the molecule is C/C=N\N1/C(=C\C)CCCCc2ccccc21. The molecule has 1 aromatic carbocycles. The summed E-state index contributed by atoms with van der Waals surface area (Å²) >= 11 is 0. The molecule has 17 heavy (non-hydrogen) atoms. The Kier molecular flexibility index (Phi) is 3.97. The zero-order chi connectivity index (χ0) is 12.1. The van der Waals surface area contributed by atoms with Crippen LogP contribution < -0.4 is 5.01 Å². The second kappa shape index (κ2) is 5.67. The van der Waals surface area contributed by atoms with E-state index in [4.69, 9.17) is 0 Å². The van der Waals surface area contributed by atoms with Crippen LogP contribution in [0.1, 0.15) is 38.7 Å². The van der Waals surface area contributed by atoms with Crippen molar-refractivity contribution in [2.24, 2.45) is 5.10 Å². The number of hydrogen-bond donors (Lipinski definition) is 0. The summed E-state index contributed by atoms with van der Waals surface area (Å²) in [6.07, 6.45) is 8.81. The molecule has 1 aliphatic heterocycles. The number of nitrogens with zero attached hydrogens (tertiary/aromatic N) is 2. The van der Waals surface area contributed by atoms with Crippen LogP contribution in [-0.4, -0.2) is 6.21 Å². The number of anilines is 1. The number of para-hydroxylation sites is 1. The van der Waals surface area contributed by atoms with Gasteiger partial charge in [0.2, 0.25) is 0 Å². The summed E-state index contributed by atoms with van der Waals surface area (Å²) in [5.74, 6) is 0. The van der Waals surface area contributed by atoms with Gasteiger partial charge in [0, 0.05) is 11.9 Å². The first-order chi connectivity index (χ1) is 8.36. The Bertz CT molecular complexity index is 432. The molecule has 0 aromatic heterocycles. The first-order valence-corrected chi connectivity index (χ1v) is 6.38. The molecule has 0 radical (unpaired) electrons. The highest BCUT2D eigenvalue weighted by Crippen LogP contribution is 2.30. The average molecular weight is 228 g/mol. The molecule has 0 bridgehead atoms. The zero-order valence-electron chi connectivity index (χ0n) is 10.7. The van der Waals surface area contributed by atoms with E-state index in [1.54, 1.807) is 0 Å². The van der Waals surface area contributed by atoms with Gasteiger partial charge in [-0.1, -0.05) is 24.3 Å². The zero-order valence-corrected chi connectivity index (χ0v) is 10.7. The fourth-order valence-electron chi connectivity index (χ4n) is 2.33. The number of aryl methyl sites for hydroxylation is 1. The van der Waals surface area contributed by atoms with Gasteiger partial charge in [-0.05, 0) is 51.2 Å². The van der Waals surface area contributed by atoms with Gasteiger partial charge in [0.15, 0.2) is 0 Å². The third-order valence-corrected chi connectivity index (χ3v) is 3.19. The molecular formula is C15H20N2. The van der Waals surface area contributed by atoms with Crippen LogP contribution in [0.2, 0.25) is 0 Å². The van der Waals surface area contributed by atoms with Crippen molar-refractivity contribution in [1.82, 2.24) is 0 Å². The van der Waals surface area contributed by atoms with E-state index in [0.29, 0.717) is 0 Å². The quantitative estimate of drug-likeness (QED) is 0.660. The minimum atomic E-state index is 1.11. The molecule has 2 heteroatoms. The Labute approximate surface area is 104 Å². The Hall–Kier alpha value is -1.57. The third kappa shape index (κ3) is 2.57. The fraction of sp³-hybridized carbons (Fsp3) is 0.400. The van der Waals surface area contributed by atoms with Gasteiger partial charge < -0.3 is 0 Å². The van der Waals surface area contributed by atoms with Gasteiger partial charge in [0.1, 0.15) is 0 Å². The van der Waals surface area contributed by atoms with Gasteiger partial charge in [-0.25, -0.2) is 5.01 Å². The lowest BCUT2D eigenvalue weighted by Crippen LogP contribution is -2.19. The van der Waals surface area contributed by atoms with E-state index in [1.165, 1.54) is 29.8 Å². The van der Waals surface area contributed by atoms with Crippen LogP contribution in [0, 0.1) is 0 Å². The molecule has 0 atom stereocenters. The first kappa shape index (κ1) is 11.9. The van der Waals surface area contributed by atoms with Gasteiger partial charge in [-0.3, -0.25) is 0 Å². The van der Waals surface area contributed by atoms with Crippen LogP contribution in [-0.2, 0) is 6.42 Å².